The largest absolute Gasteiger partial charge is 0.497 e. The summed E-state index contributed by atoms with van der Waals surface area (Å²) in [6, 6.07) is 10.3. The van der Waals surface area contributed by atoms with Crippen LogP contribution in [0, 0.1) is 0 Å². The number of benzene rings is 1. The molecule has 2 N–H and O–H groups in total. The molecule has 3 rings (SSSR count). The second-order valence-electron chi connectivity index (χ2n) is 5.60. The van der Waals surface area contributed by atoms with Crippen LogP contribution in [0.2, 0.25) is 0 Å². The third-order valence-electron chi connectivity index (χ3n) is 3.81. The van der Waals surface area contributed by atoms with Gasteiger partial charge in [0.2, 0.25) is 5.88 Å². The Morgan fingerprint density at radius 2 is 2.08 bits per heavy atom. The van der Waals surface area contributed by atoms with Gasteiger partial charge in [0.05, 0.1) is 13.2 Å². The first kappa shape index (κ1) is 17.0. The number of nitrogens with one attached hydrogen (secondary N) is 2. The number of ether oxygens (including phenoxy) is 3. The first-order valence-corrected chi connectivity index (χ1v) is 8.18. The fraction of sp³-hybridized carbons (Fsp3) is 0.333. The maximum Gasteiger partial charge on any atom is 0.319 e. The van der Waals surface area contributed by atoms with Gasteiger partial charge in [-0.3, -0.25) is 0 Å². The Hall–Kier alpha value is -2.80. The van der Waals surface area contributed by atoms with Crippen LogP contribution in [0.1, 0.15) is 12.8 Å². The zero-order valence-electron chi connectivity index (χ0n) is 14.0. The maximum atomic E-state index is 12.1. The van der Waals surface area contributed by atoms with Crippen molar-refractivity contribution in [3.8, 4) is 17.4 Å². The molecule has 132 valence electrons. The molecule has 0 saturated carbocycles. The van der Waals surface area contributed by atoms with E-state index in [1.54, 1.807) is 49.7 Å². The summed E-state index contributed by atoms with van der Waals surface area (Å²) < 4.78 is 16.4. The third-order valence-corrected chi connectivity index (χ3v) is 3.81. The molecule has 0 aliphatic carbocycles. The SMILES string of the molecule is COc1ccc(Oc2ncccc2NC(=O)NCC2CCCO2)cc1. The first-order valence-electron chi connectivity index (χ1n) is 8.18. The normalized spacial score (nSPS) is 16.3. The van der Waals surface area contributed by atoms with E-state index >= 15 is 0 Å². The molecule has 7 heteroatoms. The van der Waals surface area contributed by atoms with E-state index in [0.717, 1.165) is 25.2 Å². The molecule has 1 saturated heterocycles. The topological polar surface area (TPSA) is 81.7 Å². The van der Waals surface area contributed by atoms with Crippen LogP contribution in [0.25, 0.3) is 0 Å². The highest BCUT2D eigenvalue weighted by atomic mass is 16.5. The van der Waals surface area contributed by atoms with E-state index in [-0.39, 0.29) is 12.1 Å². The molecule has 25 heavy (non-hydrogen) atoms. The molecule has 1 fully saturated rings. The highest BCUT2D eigenvalue weighted by Gasteiger charge is 2.17. The van der Waals surface area contributed by atoms with Crippen molar-refractivity contribution >= 4 is 11.7 Å². The highest BCUT2D eigenvalue weighted by Crippen LogP contribution is 2.28. The van der Waals surface area contributed by atoms with Crippen molar-refractivity contribution in [1.82, 2.24) is 10.3 Å². The van der Waals surface area contributed by atoms with Crippen molar-refractivity contribution in [2.45, 2.75) is 18.9 Å². The Morgan fingerprint density at radius 1 is 1.28 bits per heavy atom. The van der Waals surface area contributed by atoms with Crippen molar-refractivity contribution in [3.63, 3.8) is 0 Å². The molecule has 2 aromatic rings. The van der Waals surface area contributed by atoms with E-state index < -0.39 is 0 Å². The van der Waals surface area contributed by atoms with Crippen molar-refractivity contribution in [3.05, 3.63) is 42.6 Å². The van der Waals surface area contributed by atoms with Gasteiger partial charge in [0, 0.05) is 19.3 Å². The number of carbonyl (C=O) groups is 1. The number of hydrogen-bond donors (Lipinski definition) is 2. The zero-order valence-corrected chi connectivity index (χ0v) is 14.0. The van der Waals surface area contributed by atoms with Gasteiger partial charge in [-0.15, -0.1) is 0 Å². The number of pyridine rings is 1. The average molecular weight is 343 g/mol. The number of carbonyl (C=O) groups excluding carboxylic acids is 1. The van der Waals surface area contributed by atoms with Gasteiger partial charge in [-0.1, -0.05) is 0 Å². The molecule has 0 radical (unpaired) electrons. The number of anilines is 1. The van der Waals surface area contributed by atoms with E-state index in [9.17, 15) is 4.79 Å². The molecular weight excluding hydrogens is 322 g/mol. The lowest BCUT2D eigenvalue weighted by molar-refractivity contribution is 0.112. The predicted octanol–water partition coefficient (Wildman–Crippen LogP) is 3.18. The highest BCUT2D eigenvalue weighted by molar-refractivity contribution is 5.90. The summed E-state index contributed by atoms with van der Waals surface area (Å²) in [4.78, 5) is 16.3. The number of hydrogen-bond acceptors (Lipinski definition) is 5. The van der Waals surface area contributed by atoms with Crippen LogP contribution in [0.4, 0.5) is 10.5 Å². The molecule has 0 bridgehead atoms. The Morgan fingerprint density at radius 3 is 2.80 bits per heavy atom. The fourth-order valence-electron chi connectivity index (χ4n) is 2.50. The minimum Gasteiger partial charge on any atom is -0.497 e. The Bertz CT molecular complexity index is 700. The monoisotopic (exact) mass is 343 g/mol. The number of urea groups is 1. The molecule has 1 aliphatic heterocycles. The molecular formula is C18H21N3O4. The van der Waals surface area contributed by atoms with Crippen molar-refractivity contribution in [2.75, 3.05) is 25.6 Å². The van der Waals surface area contributed by atoms with Crippen molar-refractivity contribution in [2.24, 2.45) is 0 Å². The van der Waals surface area contributed by atoms with Crippen LogP contribution >= 0.6 is 0 Å². The smallest absolute Gasteiger partial charge is 0.319 e. The molecule has 0 spiro atoms. The summed E-state index contributed by atoms with van der Waals surface area (Å²) in [6.07, 6.45) is 3.71. The lowest BCUT2D eigenvalue weighted by Gasteiger charge is -2.14. The standard InChI is InChI=1S/C18H21N3O4/c1-23-13-6-8-14(9-7-13)25-17-16(5-2-10-19-17)21-18(22)20-12-15-4-3-11-24-15/h2,5-10,15H,3-4,11-12H2,1H3,(H2,20,21,22). The van der Waals surface area contributed by atoms with E-state index in [1.807, 2.05) is 0 Å². The number of rotatable bonds is 6. The zero-order chi connectivity index (χ0) is 17.5. The van der Waals surface area contributed by atoms with Crippen LogP contribution in [0.5, 0.6) is 17.4 Å². The van der Waals surface area contributed by atoms with Gasteiger partial charge in [-0.05, 0) is 49.2 Å². The summed E-state index contributed by atoms with van der Waals surface area (Å²) >= 11 is 0. The Balaban J connectivity index is 1.60. The fourth-order valence-corrected chi connectivity index (χ4v) is 2.50. The minimum absolute atomic E-state index is 0.0923. The van der Waals surface area contributed by atoms with Gasteiger partial charge in [-0.2, -0.15) is 0 Å². The molecule has 2 heterocycles. The van der Waals surface area contributed by atoms with Crippen LogP contribution in [-0.4, -0.2) is 37.4 Å². The van der Waals surface area contributed by atoms with E-state index in [2.05, 4.69) is 15.6 Å². The molecule has 2 amide bonds. The molecule has 7 nitrogen and oxygen atoms in total. The molecule has 1 aromatic heterocycles. The third kappa shape index (κ3) is 4.84. The van der Waals surface area contributed by atoms with Gasteiger partial charge in [-0.25, -0.2) is 9.78 Å². The number of methoxy groups -OCH3 is 1. The van der Waals surface area contributed by atoms with Crippen LogP contribution in [0.15, 0.2) is 42.6 Å². The van der Waals surface area contributed by atoms with Gasteiger partial charge in [0.15, 0.2) is 0 Å². The summed E-state index contributed by atoms with van der Waals surface area (Å²) in [5.41, 5.74) is 0.489. The quantitative estimate of drug-likeness (QED) is 0.842. The summed E-state index contributed by atoms with van der Waals surface area (Å²) in [5, 5.41) is 5.56. The van der Waals surface area contributed by atoms with Crippen LogP contribution in [-0.2, 0) is 4.74 Å². The predicted molar refractivity (Wildman–Crippen MR) is 93.3 cm³/mol. The van der Waals surface area contributed by atoms with Crippen LogP contribution < -0.4 is 20.1 Å². The summed E-state index contributed by atoms with van der Waals surface area (Å²) in [5.74, 6) is 1.66. The molecule has 1 atom stereocenters. The number of aromatic nitrogens is 1. The van der Waals surface area contributed by atoms with E-state index in [0.29, 0.717) is 23.9 Å². The second-order valence-corrected chi connectivity index (χ2v) is 5.60. The minimum atomic E-state index is -0.317. The summed E-state index contributed by atoms with van der Waals surface area (Å²) in [7, 11) is 1.60. The Labute approximate surface area is 146 Å². The van der Waals surface area contributed by atoms with Crippen molar-refractivity contribution < 1.29 is 19.0 Å². The van der Waals surface area contributed by atoms with Gasteiger partial charge in [0.1, 0.15) is 17.2 Å². The molecule has 1 aliphatic rings. The summed E-state index contributed by atoms with van der Waals surface area (Å²) in [6.45, 7) is 1.25. The van der Waals surface area contributed by atoms with Gasteiger partial charge < -0.3 is 24.8 Å². The number of amides is 2. The lowest BCUT2D eigenvalue weighted by atomic mass is 10.2. The second kappa shape index (κ2) is 8.34. The average Bonchev–Trinajstić information content (AvgIpc) is 3.16. The molecule has 1 unspecified atom stereocenters. The first-order chi connectivity index (χ1) is 12.2. The maximum absolute atomic E-state index is 12.1. The van der Waals surface area contributed by atoms with Crippen molar-refractivity contribution in [1.29, 1.82) is 0 Å². The van der Waals surface area contributed by atoms with E-state index in [4.69, 9.17) is 14.2 Å². The number of nitrogens with zero attached hydrogens (tertiary/aromatic N) is 1. The van der Waals surface area contributed by atoms with Gasteiger partial charge >= 0.3 is 6.03 Å². The molecule has 1 aromatic carbocycles. The van der Waals surface area contributed by atoms with E-state index in [1.165, 1.54) is 0 Å². The lowest BCUT2D eigenvalue weighted by Crippen LogP contribution is -2.35. The Kier molecular flexibility index (Phi) is 5.69. The van der Waals surface area contributed by atoms with Crippen LogP contribution in [0.3, 0.4) is 0 Å². The van der Waals surface area contributed by atoms with Gasteiger partial charge in [0.25, 0.3) is 0 Å².